The standard InChI is InChI=1S/C14H24ClN3/c1-5-11(4)18(7-3)14-13(15)8-12(10-17-14)9-16-6-2/h8,10-11,16H,5-7,9H2,1-4H3. The Morgan fingerprint density at radius 1 is 1.39 bits per heavy atom. The zero-order valence-corrected chi connectivity index (χ0v) is 12.6. The Morgan fingerprint density at radius 2 is 2.11 bits per heavy atom. The molecule has 18 heavy (non-hydrogen) atoms. The Bertz CT molecular complexity index is 368. The highest BCUT2D eigenvalue weighted by Crippen LogP contribution is 2.26. The second kappa shape index (κ2) is 7.59. The average Bonchev–Trinajstić information content (AvgIpc) is 2.39. The third-order valence-electron chi connectivity index (χ3n) is 3.19. The fourth-order valence-corrected chi connectivity index (χ4v) is 2.24. The Balaban J connectivity index is 2.89. The van der Waals surface area contributed by atoms with Crippen LogP contribution < -0.4 is 10.2 Å². The van der Waals surface area contributed by atoms with E-state index in [9.17, 15) is 0 Å². The van der Waals surface area contributed by atoms with E-state index in [0.29, 0.717) is 6.04 Å². The summed E-state index contributed by atoms with van der Waals surface area (Å²) >= 11 is 6.35. The normalized spacial score (nSPS) is 12.5. The molecule has 0 bridgehead atoms. The molecule has 4 heteroatoms. The maximum absolute atomic E-state index is 6.35. The third-order valence-corrected chi connectivity index (χ3v) is 3.47. The first-order valence-electron chi connectivity index (χ1n) is 6.75. The summed E-state index contributed by atoms with van der Waals surface area (Å²) in [5.41, 5.74) is 1.13. The largest absolute Gasteiger partial charge is 0.353 e. The molecule has 102 valence electrons. The first kappa shape index (κ1) is 15.3. The van der Waals surface area contributed by atoms with Crippen LogP contribution in [0.5, 0.6) is 0 Å². The lowest BCUT2D eigenvalue weighted by Crippen LogP contribution is -2.33. The number of halogens is 1. The van der Waals surface area contributed by atoms with Crippen molar-refractivity contribution in [2.24, 2.45) is 0 Å². The van der Waals surface area contributed by atoms with Crippen LogP contribution in [0.4, 0.5) is 5.82 Å². The van der Waals surface area contributed by atoms with E-state index in [-0.39, 0.29) is 0 Å². The third kappa shape index (κ3) is 3.85. The highest BCUT2D eigenvalue weighted by molar-refractivity contribution is 6.33. The molecule has 0 aromatic carbocycles. The van der Waals surface area contributed by atoms with Crippen LogP contribution >= 0.6 is 11.6 Å². The first-order valence-corrected chi connectivity index (χ1v) is 7.13. The number of rotatable bonds is 7. The van der Waals surface area contributed by atoms with Crippen molar-refractivity contribution in [3.8, 4) is 0 Å². The van der Waals surface area contributed by atoms with Crippen LogP contribution in [-0.4, -0.2) is 24.1 Å². The zero-order valence-electron chi connectivity index (χ0n) is 11.8. The van der Waals surface area contributed by atoms with Gasteiger partial charge in [-0.15, -0.1) is 0 Å². The van der Waals surface area contributed by atoms with E-state index in [1.807, 2.05) is 12.3 Å². The van der Waals surface area contributed by atoms with Crippen molar-refractivity contribution in [3.63, 3.8) is 0 Å². The molecule has 0 radical (unpaired) electrons. The molecule has 1 heterocycles. The summed E-state index contributed by atoms with van der Waals surface area (Å²) in [5.74, 6) is 0.897. The molecular weight excluding hydrogens is 246 g/mol. The van der Waals surface area contributed by atoms with Crippen molar-refractivity contribution in [3.05, 3.63) is 22.8 Å². The minimum Gasteiger partial charge on any atom is -0.353 e. The van der Waals surface area contributed by atoms with Gasteiger partial charge in [0, 0.05) is 25.3 Å². The molecule has 0 aliphatic heterocycles. The van der Waals surface area contributed by atoms with Crippen LogP contribution in [0.2, 0.25) is 5.02 Å². The quantitative estimate of drug-likeness (QED) is 0.822. The molecular formula is C14H24ClN3. The molecule has 1 unspecified atom stereocenters. The number of hydrogen-bond acceptors (Lipinski definition) is 3. The number of nitrogens with one attached hydrogen (secondary N) is 1. The topological polar surface area (TPSA) is 28.2 Å². The molecule has 0 aliphatic rings. The number of aromatic nitrogens is 1. The molecule has 1 atom stereocenters. The Morgan fingerprint density at radius 3 is 2.61 bits per heavy atom. The number of anilines is 1. The summed E-state index contributed by atoms with van der Waals surface area (Å²) in [4.78, 5) is 6.77. The summed E-state index contributed by atoms with van der Waals surface area (Å²) in [6.07, 6.45) is 3.00. The fraction of sp³-hybridized carbons (Fsp3) is 0.643. The van der Waals surface area contributed by atoms with Gasteiger partial charge in [-0.2, -0.15) is 0 Å². The van der Waals surface area contributed by atoms with Crippen LogP contribution in [0.25, 0.3) is 0 Å². The van der Waals surface area contributed by atoms with E-state index >= 15 is 0 Å². The molecule has 1 N–H and O–H groups in total. The maximum Gasteiger partial charge on any atom is 0.147 e. The van der Waals surface area contributed by atoms with E-state index in [1.165, 1.54) is 0 Å². The molecule has 1 rings (SSSR count). The van der Waals surface area contributed by atoms with Crippen molar-refractivity contribution in [2.75, 3.05) is 18.0 Å². The summed E-state index contributed by atoms with van der Waals surface area (Å²) in [7, 11) is 0. The van der Waals surface area contributed by atoms with Gasteiger partial charge in [-0.25, -0.2) is 4.98 Å². The van der Waals surface area contributed by atoms with Crippen LogP contribution in [0.1, 0.15) is 39.7 Å². The second-order valence-electron chi connectivity index (χ2n) is 4.47. The van der Waals surface area contributed by atoms with Gasteiger partial charge in [0.15, 0.2) is 0 Å². The maximum atomic E-state index is 6.35. The van der Waals surface area contributed by atoms with Gasteiger partial charge in [0.25, 0.3) is 0 Å². The Kier molecular flexibility index (Phi) is 6.44. The van der Waals surface area contributed by atoms with E-state index in [1.54, 1.807) is 0 Å². The molecule has 1 aromatic heterocycles. The minimum absolute atomic E-state index is 0.458. The van der Waals surface area contributed by atoms with Crippen molar-refractivity contribution in [1.82, 2.24) is 10.3 Å². The SMILES string of the molecule is CCNCc1cnc(N(CC)C(C)CC)c(Cl)c1. The van der Waals surface area contributed by atoms with Crippen LogP contribution in [0.15, 0.2) is 12.3 Å². The van der Waals surface area contributed by atoms with Crippen LogP contribution in [-0.2, 0) is 6.54 Å². The fourth-order valence-electron chi connectivity index (χ4n) is 1.94. The predicted octanol–water partition coefficient (Wildman–Crippen LogP) is 3.47. The van der Waals surface area contributed by atoms with Gasteiger partial charge in [-0.3, -0.25) is 0 Å². The highest BCUT2D eigenvalue weighted by atomic mass is 35.5. The van der Waals surface area contributed by atoms with Gasteiger partial charge in [-0.05, 0) is 38.4 Å². The van der Waals surface area contributed by atoms with Crippen molar-refractivity contribution < 1.29 is 0 Å². The molecule has 1 aromatic rings. The lowest BCUT2D eigenvalue weighted by Gasteiger charge is -2.29. The number of nitrogens with zero attached hydrogens (tertiary/aromatic N) is 2. The molecule has 0 saturated carbocycles. The van der Waals surface area contributed by atoms with E-state index in [4.69, 9.17) is 11.6 Å². The second-order valence-corrected chi connectivity index (χ2v) is 4.88. The molecule has 0 aliphatic carbocycles. The van der Waals surface area contributed by atoms with Gasteiger partial charge in [0.05, 0.1) is 5.02 Å². The molecule has 0 amide bonds. The van der Waals surface area contributed by atoms with E-state index < -0.39 is 0 Å². The average molecular weight is 270 g/mol. The first-order chi connectivity index (χ1) is 8.63. The highest BCUT2D eigenvalue weighted by Gasteiger charge is 2.15. The van der Waals surface area contributed by atoms with Gasteiger partial charge in [0.1, 0.15) is 5.82 Å². The summed E-state index contributed by atoms with van der Waals surface area (Å²) < 4.78 is 0. The van der Waals surface area contributed by atoms with Gasteiger partial charge < -0.3 is 10.2 Å². The molecule has 0 fully saturated rings. The minimum atomic E-state index is 0.458. The summed E-state index contributed by atoms with van der Waals surface area (Å²) in [5, 5.41) is 4.02. The van der Waals surface area contributed by atoms with Gasteiger partial charge >= 0.3 is 0 Å². The smallest absolute Gasteiger partial charge is 0.147 e. The lowest BCUT2D eigenvalue weighted by atomic mass is 10.2. The zero-order chi connectivity index (χ0) is 13.5. The van der Waals surface area contributed by atoms with E-state index in [2.05, 4.69) is 42.9 Å². The van der Waals surface area contributed by atoms with Crippen LogP contribution in [0, 0.1) is 0 Å². The summed E-state index contributed by atoms with van der Waals surface area (Å²) in [6, 6.07) is 2.47. The Hall–Kier alpha value is -0.800. The monoisotopic (exact) mass is 269 g/mol. The van der Waals surface area contributed by atoms with E-state index in [0.717, 1.165) is 42.5 Å². The lowest BCUT2D eigenvalue weighted by molar-refractivity contribution is 0.622. The molecule has 0 spiro atoms. The Labute approximate surface area is 116 Å². The number of hydrogen-bond donors (Lipinski definition) is 1. The van der Waals surface area contributed by atoms with Crippen LogP contribution in [0.3, 0.4) is 0 Å². The van der Waals surface area contributed by atoms with Gasteiger partial charge in [-0.1, -0.05) is 25.4 Å². The number of pyridine rings is 1. The summed E-state index contributed by atoms with van der Waals surface area (Å²) in [6.45, 7) is 11.3. The van der Waals surface area contributed by atoms with Gasteiger partial charge in [0.2, 0.25) is 0 Å². The van der Waals surface area contributed by atoms with Crippen molar-refractivity contribution >= 4 is 17.4 Å². The molecule has 3 nitrogen and oxygen atoms in total. The van der Waals surface area contributed by atoms with Crippen molar-refractivity contribution in [1.29, 1.82) is 0 Å². The molecule has 0 saturated heterocycles. The van der Waals surface area contributed by atoms with Crippen molar-refractivity contribution in [2.45, 2.75) is 46.7 Å². The predicted molar refractivity (Wildman–Crippen MR) is 79.4 cm³/mol.